The average Bonchev–Trinajstić information content (AvgIpc) is 2.49. The van der Waals surface area contributed by atoms with E-state index < -0.39 is 0 Å². The minimum Gasteiger partial charge on any atom is -0.364 e. The van der Waals surface area contributed by atoms with Crippen LogP contribution in [0.4, 0.5) is 5.82 Å². The minimum atomic E-state index is 0.360. The molecule has 0 bridgehead atoms. The van der Waals surface area contributed by atoms with E-state index in [1.165, 1.54) is 0 Å². The molecule has 0 aromatic carbocycles. The van der Waals surface area contributed by atoms with Crippen LogP contribution in [-0.4, -0.2) is 40.3 Å². The summed E-state index contributed by atoms with van der Waals surface area (Å²) in [7, 11) is 4.12. The molecule has 1 atom stereocenters. The molecule has 1 aromatic heterocycles. The molecule has 4 nitrogen and oxygen atoms in total. The van der Waals surface area contributed by atoms with Crippen molar-refractivity contribution >= 4 is 29.1 Å². The molecule has 0 radical (unpaired) electrons. The van der Waals surface area contributed by atoms with Crippen LogP contribution in [0.1, 0.15) is 13.3 Å². The van der Waals surface area contributed by atoms with Gasteiger partial charge in [-0.15, -0.1) is 0 Å². The Bertz CT molecular complexity index is 276. The highest BCUT2D eigenvalue weighted by Crippen LogP contribution is 2.19. The molecule has 0 saturated heterocycles. The molecule has 1 unspecified atom stereocenters. The summed E-state index contributed by atoms with van der Waals surface area (Å²) >= 11 is 6.94. The molecule has 0 aliphatic carbocycles. The van der Waals surface area contributed by atoms with Crippen molar-refractivity contribution < 1.29 is 0 Å². The normalized spacial score (nSPS) is 13.2. The number of hydrogen-bond acceptors (Lipinski definition) is 5. The van der Waals surface area contributed by atoms with Crippen LogP contribution in [0.15, 0.2) is 0 Å². The van der Waals surface area contributed by atoms with Gasteiger partial charge in [0.25, 0.3) is 0 Å². The van der Waals surface area contributed by atoms with Gasteiger partial charge in [-0.2, -0.15) is 8.75 Å². The second kappa shape index (κ2) is 5.48. The highest BCUT2D eigenvalue weighted by Gasteiger charge is 2.08. The topological polar surface area (TPSA) is 41.0 Å². The fourth-order valence-corrected chi connectivity index (χ4v) is 1.68. The molecular weight excluding hydrogens is 220 g/mol. The van der Waals surface area contributed by atoms with Crippen LogP contribution in [0.3, 0.4) is 0 Å². The third-order valence-electron chi connectivity index (χ3n) is 1.84. The number of anilines is 1. The Morgan fingerprint density at radius 1 is 1.50 bits per heavy atom. The summed E-state index contributed by atoms with van der Waals surface area (Å²) in [5, 5.41) is 3.69. The molecule has 0 fully saturated rings. The first-order valence-corrected chi connectivity index (χ1v) is 5.59. The van der Waals surface area contributed by atoms with Gasteiger partial charge in [-0.1, -0.05) is 11.6 Å². The number of nitrogens with one attached hydrogen (secondary N) is 1. The first-order valence-electron chi connectivity index (χ1n) is 4.49. The molecule has 1 aromatic rings. The van der Waals surface area contributed by atoms with Gasteiger partial charge >= 0.3 is 0 Å². The van der Waals surface area contributed by atoms with Crippen molar-refractivity contribution in [2.24, 2.45) is 0 Å². The van der Waals surface area contributed by atoms with E-state index >= 15 is 0 Å². The summed E-state index contributed by atoms with van der Waals surface area (Å²) in [4.78, 5) is 2.15. The largest absolute Gasteiger partial charge is 0.364 e. The van der Waals surface area contributed by atoms with Gasteiger partial charge in [0.1, 0.15) is 0 Å². The smallest absolute Gasteiger partial charge is 0.186 e. The summed E-state index contributed by atoms with van der Waals surface area (Å²) in [6.45, 7) is 3.16. The van der Waals surface area contributed by atoms with Gasteiger partial charge < -0.3 is 10.2 Å². The third-order valence-corrected chi connectivity index (χ3v) is 2.73. The Kier molecular flexibility index (Phi) is 4.57. The predicted molar refractivity (Wildman–Crippen MR) is 61.2 cm³/mol. The van der Waals surface area contributed by atoms with Crippen LogP contribution in [0.25, 0.3) is 0 Å². The first-order chi connectivity index (χ1) is 6.59. The van der Waals surface area contributed by atoms with Crippen molar-refractivity contribution in [3.63, 3.8) is 0 Å². The van der Waals surface area contributed by atoms with Crippen LogP contribution in [0.2, 0.25) is 5.15 Å². The molecule has 0 aliphatic heterocycles. The summed E-state index contributed by atoms with van der Waals surface area (Å²) in [5.74, 6) is 0.697. The Balaban J connectivity index is 2.34. The zero-order valence-electron chi connectivity index (χ0n) is 8.62. The predicted octanol–water partition coefficient (Wildman–Crippen LogP) is 1.94. The SMILES string of the molecule is CC(CCN(C)C)Nc1nsnc1Cl. The fraction of sp³-hybridized carbons (Fsp3) is 0.750. The zero-order chi connectivity index (χ0) is 10.6. The van der Waals surface area contributed by atoms with Crippen molar-refractivity contribution in [3.05, 3.63) is 5.15 Å². The highest BCUT2D eigenvalue weighted by molar-refractivity contribution is 6.99. The van der Waals surface area contributed by atoms with Crippen molar-refractivity contribution in [1.82, 2.24) is 13.6 Å². The number of halogens is 1. The maximum Gasteiger partial charge on any atom is 0.186 e. The lowest BCUT2D eigenvalue weighted by atomic mass is 10.2. The van der Waals surface area contributed by atoms with Gasteiger partial charge in [-0.25, -0.2) is 0 Å². The molecule has 0 saturated carbocycles. The van der Waals surface area contributed by atoms with E-state index in [9.17, 15) is 0 Å². The maximum atomic E-state index is 5.81. The van der Waals surface area contributed by atoms with Crippen molar-refractivity contribution in [1.29, 1.82) is 0 Å². The highest BCUT2D eigenvalue weighted by atomic mass is 35.5. The molecule has 14 heavy (non-hydrogen) atoms. The molecule has 0 aliphatic rings. The van der Waals surface area contributed by atoms with E-state index in [2.05, 4.69) is 40.0 Å². The van der Waals surface area contributed by atoms with Crippen molar-refractivity contribution in [3.8, 4) is 0 Å². The minimum absolute atomic E-state index is 0.360. The van der Waals surface area contributed by atoms with E-state index in [0.717, 1.165) is 24.7 Å². The van der Waals surface area contributed by atoms with Crippen LogP contribution in [0.5, 0.6) is 0 Å². The van der Waals surface area contributed by atoms with Crippen LogP contribution < -0.4 is 5.32 Å². The molecular formula is C8H15ClN4S. The van der Waals surface area contributed by atoms with Gasteiger partial charge in [0, 0.05) is 6.04 Å². The molecule has 0 spiro atoms. The first kappa shape index (κ1) is 11.7. The Morgan fingerprint density at radius 3 is 2.71 bits per heavy atom. The monoisotopic (exact) mass is 234 g/mol. The second-order valence-electron chi connectivity index (χ2n) is 3.54. The summed E-state index contributed by atoms with van der Waals surface area (Å²) in [5.41, 5.74) is 0. The lowest BCUT2D eigenvalue weighted by Gasteiger charge is -2.16. The second-order valence-corrected chi connectivity index (χ2v) is 4.43. The molecule has 80 valence electrons. The van der Waals surface area contributed by atoms with Gasteiger partial charge in [0.2, 0.25) is 0 Å². The quantitative estimate of drug-likeness (QED) is 0.846. The van der Waals surface area contributed by atoms with E-state index in [-0.39, 0.29) is 0 Å². The molecule has 0 amide bonds. The standard InChI is InChI=1S/C8H15ClN4S/c1-6(4-5-13(2)3)10-8-7(9)11-14-12-8/h6H,4-5H2,1-3H3,(H,10,12). The van der Waals surface area contributed by atoms with E-state index in [4.69, 9.17) is 11.6 Å². The summed E-state index contributed by atoms with van der Waals surface area (Å²) in [6, 6.07) is 0.360. The van der Waals surface area contributed by atoms with E-state index in [0.29, 0.717) is 17.0 Å². The lowest BCUT2D eigenvalue weighted by Crippen LogP contribution is -2.23. The molecule has 1 heterocycles. The third kappa shape index (κ3) is 3.77. The van der Waals surface area contributed by atoms with E-state index in [1.54, 1.807) is 0 Å². The van der Waals surface area contributed by atoms with Gasteiger partial charge in [0.15, 0.2) is 11.0 Å². The lowest BCUT2D eigenvalue weighted by molar-refractivity contribution is 0.390. The average molecular weight is 235 g/mol. The maximum absolute atomic E-state index is 5.81. The van der Waals surface area contributed by atoms with Crippen molar-refractivity contribution in [2.45, 2.75) is 19.4 Å². The summed E-state index contributed by atoms with van der Waals surface area (Å²) < 4.78 is 7.94. The molecule has 6 heteroatoms. The number of hydrogen-bond donors (Lipinski definition) is 1. The van der Waals surface area contributed by atoms with E-state index in [1.807, 2.05) is 0 Å². The van der Waals surface area contributed by atoms with Gasteiger partial charge in [-0.3, -0.25) is 0 Å². The van der Waals surface area contributed by atoms with Crippen LogP contribution in [0, 0.1) is 0 Å². The molecule has 1 N–H and O–H groups in total. The van der Waals surface area contributed by atoms with Gasteiger partial charge in [0.05, 0.1) is 11.7 Å². The number of rotatable bonds is 5. The van der Waals surface area contributed by atoms with Gasteiger partial charge in [-0.05, 0) is 34.0 Å². The molecule has 1 rings (SSSR count). The number of aromatic nitrogens is 2. The Labute approximate surface area is 93.6 Å². The van der Waals surface area contributed by atoms with Crippen LogP contribution >= 0.6 is 23.3 Å². The van der Waals surface area contributed by atoms with Crippen LogP contribution in [-0.2, 0) is 0 Å². The zero-order valence-corrected chi connectivity index (χ0v) is 10.2. The number of nitrogens with zero attached hydrogens (tertiary/aromatic N) is 3. The Hall–Kier alpha value is -0.390. The fourth-order valence-electron chi connectivity index (χ4n) is 1.02. The summed E-state index contributed by atoms with van der Waals surface area (Å²) in [6.07, 6.45) is 1.06. The Morgan fingerprint density at radius 2 is 2.21 bits per heavy atom. The van der Waals surface area contributed by atoms with Crippen molar-refractivity contribution in [2.75, 3.05) is 26.0 Å².